The molecule has 6 nitrogen and oxygen atoms in total. The lowest BCUT2D eigenvalue weighted by Crippen LogP contribution is -2.16. The average Bonchev–Trinajstić information content (AvgIpc) is 2.97. The molecular formula is C35H41N3O3S. The van der Waals surface area contributed by atoms with Gasteiger partial charge in [0.2, 0.25) is 0 Å². The van der Waals surface area contributed by atoms with Crippen molar-refractivity contribution in [3.05, 3.63) is 113 Å². The minimum atomic E-state index is -3.08. The van der Waals surface area contributed by atoms with E-state index in [4.69, 9.17) is 9.88 Å². The predicted molar refractivity (Wildman–Crippen MR) is 172 cm³/mol. The van der Waals surface area contributed by atoms with Gasteiger partial charge >= 0.3 is 0 Å². The SMILES string of the molecule is CC(C)c1cc(-c2ccc(Oc3ccccc3)cc2)cc(C(C)CN=S(N)(=O)c2ccc(CN(C)C)cc2)c1CC=O. The van der Waals surface area contributed by atoms with Crippen molar-refractivity contribution in [1.82, 2.24) is 4.90 Å². The smallest absolute Gasteiger partial charge is 0.134 e. The molecule has 0 aromatic heterocycles. The highest BCUT2D eigenvalue weighted by Crippen LogP contribution is 2.35. The summed E-state index contributed by atoms with van der Waals surface area (Å²) in [5.74, 6) is 1.65. The number of rotatable bonds is 12. The number of carbonyl (C=O) groups is 1. The van der Waals surface area contributed by atoms with Gasteiger partial charge in [-0.1, -0.05) is 75.4 Å². The first-order chi connectivity index (χ1) is 20.1. The minimum Gasteiger partial charge on any atom is -0.457 e. The van der Waals surface area contributed by atoms with Crippen LogP contribution in [0.15, 0.2) is 100 Å². The molecule has 2 unspecified atom stereocenters. The van der Waals surface area contributed by atoms with E-state index >= 15 is 0 Å². The third kappa shape index (κ3) is 7.94. The predicted octanol–water partition coefficient (Wildman–Crippen LogP) is 7.58. The van der Waals surface area contributed by atoms with E-state index < -0.39 is 9.92 Å². The summed E-state index contributed by atoms with van der Waals surface area (Å²) in [5.41, 5.74) is 6.35. The second kappa shape index (κ2) is 13.9. The molecule has 42 heavy (non-hydrogen) atoms. The molecule has 7 heteroatoms. The summed E-state index contributed by atoms with van der Waals surface area (Å²) in [6, 6.07) is 29.5. The van der Waals surface area contributed by atoms with Gasteiger partial charge < -0.3 is 14.4 Å². The van der Waals surface area contributed by atoms with Crippen molar-refractivity contribution in [2.24, 2.45) is 9.50 Å². The van der Waals surface area contributed by atoms with Gasteiger partial charge in [-0.25, -0.2) is 13.7 Å². The molecule has 4 rings (SSSR count). The third-order valence-electron chi connectivity index (χ3n) is 7.23. The van der Waals surface area contributed by atoms with Crippen LogP contribution in [0.1, 0.15) is 54.9 Å². The third-order valence-corrected chi connectivity index (χ3v) is 8.71. The number of nitrogens with two attached hydrogens (primary N) is 1. The molecule has 0 spiro atoms. The second-order valence-corrected chi connectivity index (χ2v) is 13.1. The van der Waals surface area contributed by atoms with Gasteiger partial charge in [0.25, 0.3) is 0 Å². The topological polar surface area (TPSA) is 85.0 Å². The number of aldehydes is 1. The molecule has 4 aromatic carbocycles. The van der Waals surface area contributed by atoms with Crippen molar-refractivity contribution in [2.45, 2.75) is 50.5 Å². The Labute approximate surface area is 250 Å². The largest absolute Gasteiger partial charge is 0.457 e. The number of ether oxygens (including phenoxy) is 1. The molecule has 2 atom stereocenters. The van der Waals surface area contributed by atoms with Crippen LogP contribution in [0.3, 0.4) is 0 Å². The summed E-state index contributed by atoms with van der Waals surface area (Å²) in [4.78, 5) is 14.3. The number of carbonyl (C=O) groups excluding carboxylic acids is 1. The van der Waals surface area contributed by atoms with E-state index in [1.165, 1.54) is 0 Å². The molecule has 0 saturated carbocycles. The van der Waals surface area contributed by atoms with Gasteiger partial charge in [0.15, 0.2) is 0 Å². The highest BCUT2D eigenvalue weighted by Gasteiger charge is 2.19. The number of hydrogen-bond acceptors (Lipinski definition) is 5. The van der Waals surface area contributed by atoms with Gasteiger partial charge in [-0.3, -0.25) is 0 Å². The first-order valence-electron chi connectivity index (χ1n) is 14.3. The van der Waals surface area contributed by atoms with E-state index in [2.05, 4.69) is 35.2 Å². The van der Waals surface area contributed by atoms with E-state index in [9.17, 15) is 9.00 Å². The molecule has 220 valence electrons. The number of benzene rings is 4. The summed E-state index contributed by atoms with van der Waals surface area (Å²) in [5, 5.41) is 6.26. The molecule has 2 N–H and O–H groups in total. The van der Waals surface area contributed by atoms with Gasteiger partial charge in [-0.2, -0.15) is 0 Å². The highest BCUT2D eigenvalue weighted by atomic mass is 32.2. The van der Waals surface area contributed by atoms with Crippen LogP contribution in [0.2, 0.25) is 0 Å². The highest BCUT2D eigenvalue weighted by molar-refractivity contribution is 7.91. The molecule has 0 aliphatic rings. The van der Waals surface area contributed by atoms with E-state index in [0.29, 0.717) is 11.3 Å². The maximum Gasteiger partial charge on any atom is 0.134 e. The van der Waals surface area contributed by atoms with E-state index in [-0.39, 0.29) is 18.4 Å². The quantitative estimate of drug-likeness (QED) is 0.174. The van der Waals surface area contributed by atoms with Crippen LogP contribution in [0.4, 0.5) is 0 Å². The summed E-state index contributed by atoms with van der Waals surface area (Å²) in [6.45, 7) is 7.38. The van der Waals surface area contributed by atoms with E-state index in [1.807, 2.05) is 87.7 Å². The van der Waals surface area contributed by atoms with Gasteiger partial charge in [0, 0.05) is 18.9 Å². The zero-order valence-corrected chi connectivity index (χ0v) is 25.9. The summed E-state index contributed by atoms with van der Waals surface area (Å²) >= 11 is 0. The van der Waals surface area contributed by atoms with E-state index in [1.54, 1.807) is 12.1 Å². The van der Waals surface area contributed by atoms with Crippen LogP contribution < -0.4 is 9.88 Å². The zero-order chi connectivity index (χ0) is 30.3. The molecule has 0 fully saturated rings. The summed E-state index contributed by atoms with van der Waals surface area (Å²) in [6.07, 6.45) is 1.26. The molecule has 0 bridgehead atoms. The monoisotopic (exact) mass is 583 g/mol. The molecule has 0 amide bonds. The van der Waals surface area contributed by atoms with Gasteiger partial charge in [0.05, 0.1) is 11.4 Å². The lowest BCUT2D eigenvalue weighted by molar-refractivity contribution is -0.107. The maximum absolute atomic E-state index is 13.4. The van der Waals surface area contributed by atoms with Gasteiger partial charge in [-0.15, -0.1) is 0 Å². The Morgan fingerprint density at radius 2 is 1.48 bits per heavy atom. The zero-order valence-electron chi connectivity index (χ0n) is 25.1. The molecule has 4 aromatic rings. The second-order valence-electron chi connectivity index (χ2n) is 11.3. The van der Waals surface area contributed by atoms with E-state index in [0.717, 1.165) is 57.7 Å². The van der Waals surface area contributed by atoms with Crippen molar-refractivity contribution in [1.29, 1.82) is 0 Å². The number of nitrogens with zero attached hydrogens (tertiary/aromatic N) is 2. The fourth-order valence-electron chi connectivity index (χ4n) is 5.05. The first-order valence-corrected chi connectivity index (χ1v) is 15.8. The Morgan fingerprint density at radius 3 is 2.07 bits per heavy atom. The molecule has 0 aliphatic heterocycles. The Bertz CT molecular complexity index is 1610. The van der Waals surface area contributed by atoms with Crippen LogP contribution in [-0.4, -0.2) is 36.0 Å². The standard InChI is InChI=1S/C35H41N3O3S/c1-25(2)34-21-29(28-13-15-31(16-14-28)41-30-9-7-6-8-10-30)22-35(33(34)19-20-39)26(3)23-37-42(36,40)32-17-11-27(12-18-32)24-38(4)5/h6-18,20-22,25-26H,19,23-24H2,1-5H3,(H2,36,37,40). The van der Waals surface area contributed by atoms with Crippen LogP contribution in [0.5, 0.6) is 11.5 Å². The van der Waals surface area contributed by atoms with Crippen molar-refractivity contribution in [3.8, 4) is 22.6 Å². The molecule has 0 saturated heterocycles. The normalized spacial score (nSPS) is 13.5. The first kappa shape index (κ1) is 31.2. The molecule has 0 radical (unpaired) electrons. The van der Waals surface area contributed by atoms with Crippen molar-refractivity contribution >= 4 is 16.2 Å². The lowest BCUT2D eigenvalue weighted by Gasteiger charge is -2.22. The van der Waals surface area contributed by atoms with Crippen LogP contribution >= 0.6 is 0 Å². The van der Waals surface area contributed by atoms with Crippen LogP contribution in [-0.2, 0) is 27.7 Å². The Kier molecular flexibility index (Phi) is 10.3. The van der Waals surface area contributed by atoms with Gasteiger partial charge in [-0.05, 0) is 89.8 Å². The maximum atomic E-state index is 13.4. The average molecular weight is 584 g/mol. The van der Waals surface area contributed by atoms with Gasteiger partial charge in [0.1, 0.15) is 27.7 Å². The van der Waals surface area contributed by atoms with Crippen LogP contribution in [0.25, 0.3) is 11.1 Å². The lowest BCUT2D eigenvalue weighted by atomic mass is 9.83. The van der Waals surface area contributed by atoms with Crippen molar-refractivity contribution in [3.63, 3.8) is 0 Å². The molecule has 0 heterocycles. The van der Waals surface area contributed by atoms with Crippen molar-refractivity contribution < 1.29 is 13.7 Å². The van der Waals surface area contributed by atoms with Crippen molar-refractivity contribution in [2.75, 3.05) is 20.6 Å². The minimum absolute atomic E-state index is 0.101. The molecule has 0 aliphatic carbocycles. The Hall–Kier alpha value is -3.78. The fourth-order valence-corrected chi connectivity index (χ4v) is 6.17. The summed E-state index contributed by atoms with van der Waals surface area (Å²) < 4.78 is 23.9. The fraction of sp³-hybridized carbons (Fsp3) is 0.286. The number of hydrogen-bond donors (Lipinski definition) is 1. The Morgan fingerprint density at radius 1 is 0.857 bits per heavy atom. The number of para-hydroxylation sites is 1. The molecular weight excluding hydrogens is 542 g/mol. The van der Waals surface area contributed by atoms with Crippen LogP contribution in [0, 0.1) is 0 Å². The summed E-state index contributed by atoms with van der Waals surface area (Å²) in [7, 11) is 0.934. The Balaban J connectivity index is 1.65.